The third-order valence-electron chi connectivity index (χ3n) is 5.16. The zero-order valence-electron chi connectivity index (χ0n) is 15.9. The number of amides is 1. The maximum Gasteiger partial charge on any atom is 0.330 e. The lowest BCUT2D eigenvalue weighted by atomic mass is 10.0. The van der Waals surface area contributed by atoms with Gasteiger partial charge in [0.05, 0.1) is 19.8 Å². The van der Waals surface area contributed by atoms with Gasteiger partial charge in [0.15, 0.2) is 6.04 Å². The van der Waals surface area contributed by atoms with E-state index in [2.05, 4.69) is 5.32 Å². The molecule has 0 aliphatic carbocycles. The predicted octanol–water partition coefficient (Wildman–Crippen LogP) is 2.74. The number of nitrogens with one attached hydrogen (secondary N) is 1. The van der Waals surface area contributed by atoms with Gasteiger partial charge in [-0.3, -0.25) is 4.79 Å². The quantitative estimate of drug-likeness (QED) is 0.778. The van der Waals surface area contributed by atoms with Gasteiger partial charge >= 0.3 is 5.97 Å². The zero-order chi connectivity index (χ0) is 20.2. The standard InChI is InChI=1S/C22H23NO6/c24-21(14-1-4-17(5-2-14)29-18-8-10-27-11-9-18)23-20(22(25)26)16-3-6-19-15(13-16)7-12-28-19/h1-6,13,18,20H,7-12H2,(H,23,24)(H,25,26). The molecule has 1 unspecified atom stereocenters. The Morgan fingerprint density at radius 1 is 1.07 bits per heavy atom. The molecule has 29 heavy (non-hydrogen) atoms. The number of aliphatic carboxylic acids is 1. The maximum atomic E-state index is 12.6. The van der Waals surface area contributed by atoms with E-state index < -0.39 is 17.9 Å². The van der Waals surface area contributed by atoms with E-state index in [-0.39, 0.29) is 6.10 Å². The first-order valence-electron chi connectivity index (χ1n) is 9.74. The van der Waals surface area contributed by atoms with Gasteiger partial charge in [0.1, 0.15) is 17.6 Å². The Hall–Kier alpha value is -3.06. The summed E-state index contributed by atoms with van der Waals surface area (Å²) in [6, 6.07) is 10.8. The Balaban J connectivity index is 1.43. The van der Waals surface area contributed by atoms with E-state index in [0.29, 0.717) is 36.7 Å². The molecule has 7 heteroatoms. The van der Waals surface area contributed by atoms with Crippen LogP contribution in [0.3, 0.4) is 0 Å². The first-order valence-corrected chi connectivity index (χ1v) is 9.74. The van der Waals surface area contributed by atoms with Crippen LogP contribution in [0.2, 0.25) is 0 Å². The summed E-state index contributed by atoms with van der Waals surface area (Å²) in [6.07, 6.45) is 2.53. The predicted molar refractivity (Wildman–Crippen MR) is 104 cm³/mol. The third-order valence-corrected chi connectivity index (χ3v) is 5.16. The van der Waals surface area contributed by atoms with Gasteiger partial charge in [-0.15, -0.1) is 0 Å². The average Bonchev–Trinajstić information content (AvgIpc) is 3.21. The van der Waals surface area contributed by atoms with Crippen molar-refractivity contribution in [2.45, 2.75) is 31.4 Å². The van der Waals surface area contributed by atoms with Gasteiger partial charge < -0.3 is 24.6 Å². The van der Waals surface area contributed by atoms with Gasteiger partial charge in [0.2, 0.25) is 0 Å². The SMILES string of the molecule is O=C(NC(C(=O)O)c1ccc2c(c1)CCO2)c1ccc(OC2CCOCC2)cc1. The van der Waals surface area contributed by atoms with E-state index in [4.69, 9.17) is 14.2 Å². The summed E-state index contributed by atoms with van der Waals surface area (Å²) in [5.74, 6) is -0.116. The highest BCUT2D eigenvalue weighted by Gasteiger charge is 2.25. The van der Waals surface area contributed by atoms with Gasteiger partial charge in [0, 0.05) is 24.8 Å². The molecule has 2 aromatic carbocycles. The molecule has 1 amide bonds. The number of benzene rings is 2. The number of rotatable bonds is 6. The van der Waals surface area contributed by atoms with Crippen molar-refractivity contribution in [1.82, 2.24) is 5.32 Å². The monoisotopic (exact) mass is 397 g/mol. The molecule has 1 saturated heterocycles. The molecular weight excluding hydrogens is 374 g/mol. The first kappa shape index (κ1) is 19.3. The van der Waals surface area contributed by atoms with Crippen LogP contribution in [-0.4, -0.2) is 42.9 Å². The Labute approximate surface area is 168 Å². The molecular formula is C22H23NO6. The third kappa shape index (κ3) is 4.51. The van der Waals surface area contributed by atoms with Crippen LogP contribution in [-0.2, 0) is 16.0 Å². The van der Waals surface area contributed by atoms with Crippen molar-refractivity contribution in [2.75, 3.05) is 19.8 Å². The molecule has 2 N–H and O–H groups in total. The van der Waals surface area contributed by atoms with Gasteiger partial charge in [-0.1, -0.05) is 6.07 Å². The fourth-order valence-corrected chi connectivity index (χ4v) is 3.56. The second-order valence-electron chi connectivity index (χ2n) is 7.16. The maximum absolute atomic E-state index is 12.6. The highest BCUT2D eigenvalue weighted by atomic mass is 16.5. The van der Waals surface area contributed by atoms with Gasteiger partial charge in [-0.25, -0.2) is 4.79 Å². The number of ether oxygens (including phenoxy) is 3. The molecule has 2 aliphatic heterocycles. The van der Waals surface area contributed by atoms with E-state index in [1.807, 2.05) is 0 Å². The van der Waals surface area contributed by atoms with Crippen molar-refractivity contribution >= 4 is 11.9 Å². The van der Waals surface area contributed by atoms with Crippen molar-refractivity contribution in [3.63, 3.8) is 0 Å². The van der Waals surface area contributed by atoms with Crippen molar-refractivity contribution < 1.29 is 28.9 Å². The summed E-state index contributed by atoms with van der Waals surface area (Å²) < 4.78 is 16.7. The molecule has 152 valence electrons. The Morgan fingerprint density at radius 3 is 2.55 bits per heavy atom. The number of carbonyl (C=O) groups is 2. The molecule has 0 aromatic heterocycles. The fourth-order valence-electron chi connectivity index (χ4n) is 3.56. The van der Waals surface area contributed by atoms with E-state index >= 15 is 0 Å². The fraction of sp³-hybridized carbons (Fsp3) is 0.364. The highest BCUT2D eigenvalue weighted by molar-refractivity contribution is 5.97. The molecule has 2 aliphatic rings. The van der Waals surface area contributed by atoms with Crippen LogP contribution in [0.1, 0.15) is 40.4 Å². The van der Waals surface area contributed by atoms with Crippen molar-refractivity contribution in [2.24, 2.45) is 0 Å². The van der Waals surface area contributed by atoms with Crippen LogP contribution in [0.4, 0.5) is 0 Å². The van der Waals surface area contributed by atoms with Crippen LogP contribution < -0.4 is 14.8 Å². The number of carboxylic acids is 1. The molecule has 2 heterocycles. The van der Waals surface area contributed by atoms with Crippen LogP contribution >= 0.6 is 0 Å². The average molecular weight is 397 g/mol. The highest BCUT2D eigenvalue weighted by Crippen LogP contribution is 2.28. The summed E-state index contributed by atoms with van der Waals surface area (Å²) >= 11 is 0. The van der Waals surface area contributed by atoms with E-state index in [1.54, 1.807) is 42.5 Å². The largest absolute Gasteiger partial charge is 0.493 e. The summed E-state index contributed by atoms with van der Waals surface area (Å²) in [5, 5.41) is 12.2. The minimum atomic E-state index is -1.13. The van der Waals surface area contributed by atoms with Crippen LogP contribution in [0, 0.1) is 0 Å². The van der Waals surface area contributed by atoms with Crippen molar-refractivity contribution in [3.8, 4) is 11.5 Å². The topological polar surface area (TPSA) is 94.1 Å². The minimum Gasteiger partial charge on any atom is -0.493 e. The number of carboxylic acid groups (broad SMARTS) is 1. The second-order valence-corrected chi connectivity index (χ2v) is 7.16. The Bertz CT molecular complexity index is 889. The molecule has 1 fully saturated rings. The number of hydrogen-bond donors (Lipinski definition) is 2. The summed E-state index contributed by atoms with van der Waals surface area (Å²) in [7, 11) is 0. The molecule has 2 aromatic rings. The molecule has 1 atom stereocenters. The van der Waals surface area contributed by atoms with Crippen LogP contribution in [0.5, 0.6) is 11.5 Å². The molecule has 7 nitrogen and oxygen atoms in total. The molecule has 0 bridgehead atoms. The van der Waals surface area contributed by atoms with Gasteiger partial charge in [-0.2, -0.15) is 0 Å². The Kier molecular flexibility index (Phi) is 5.67. The number of fused-ring (bicyclic) bond motifs is 1. The second kappa shape index (κ2) is 8.53. The smallest absolute Gasteiger partial charge is 0.330 e. The lowest BCUT2D eigenvalue weighted by molar-refractivity contribution is -0.139. The van der Waals surface area contributed by atoms with Crippen molar-refractivity contribution in [3.05, 3.63) is 59.2 Å². The van der Waals surface area contributed by atoms with E-state index in [9.17, 15) is 14.7 Å². The van der Waals surface area contributed by atoms with Gasteiger partial charge in [-0.05, 0) is 47.5 Å². The lowest BCUT2D eigenvalue weighted by Gasteiger charge is -2.23. The number of carbonyl (C=O) groups excluding carboxylic acids is 1. The molecule has 4 rings (SSSR count). The van der Waals surface area contributed by atoms with E-state index in [0.717, 1.165) is 30.6 Å². The van der Waals surface area contributed by atoms with Gasteiger partial charge in [0.25, 0.3) is 5.91 Å². The normalized spacial score (nSPS) is 17.1. The lowest BCUT2D eigenvalue weighted by Crippen LogP contribution is -2.33. The Morgan fingerprint density at radius 2 is 1.83 bits per heavy atom. The first-order chi connectivity index (χ1) is 14.1. The summed E-state index contributed by atoms with van der Waals surface area (Å²) in [5.41, 5.74) is 1.85. The van der Waals surface area contributed by atoms with Crippen LogP contribution in [0.15, 0.2) is 42.5 Å². The van der Waals surface area contributed by atoms with Crippen LogP contribution in [0.25, 0.3) is 0 Å². The summed E-state index contributed by atoms with van der Waals surface area (Å²) in [4.78, 5) is 24.4. The molecule has 0 spiro atoms. The minimum absolute atomic E-state index is 0.114. The summed E-state index contributed by atoms with van der Waals surface area (Å²) in [6.45, 7) is 1.97. The zero-order valence-corrected chi connectivity index (χ0v) is 15.9. The van der Waals surface area contributed by atoms with Crippen molar-refractivity contribution in [1.29, 1.82) is 0 Å². The molecule has 0 radical (unpaired) electrons. The van der Waals surface area contributed by atoms with E-state index in [1.165, 1.54) is 0 Å². The molecule has 0 saturated carbocycles. The number of hydrogen-bond acceptors (Lipinski definition) is 5.